The number of hydrogen-bond donors (Lipinski definition) is 1. The number of benzene rings is 2. The number of carbonyl (C=O) groups is 1. The molecule has 1 N–H and O–H groups in total. The molecule has 1 atom stereocenters. The molecule has 2 aromatic carbocycles. The van der Waals surface area contributed by atoms with Gasteiger partial charge >= 0.3 is 0 Å². The van der Waals surface area contributed by atoms with Crippen molar-refractivity contribution in [1.29, 1.82) is 0 Å². The molecule has 0 saturated carbocycles. The second kappa shape index (κ2) is 7.38. The van der Waals surface area contributed by atoms with Gasteiger partial charge < -0.3 is 9.88 Å². The maximum absolute atomic E-state index is 14.4. The number of rotatable bonds is 3. The molecule has 1 aliphatic heterocycles. The molecule has 0 spiro atoms. The normalized spacial score (nSPS) is 15.8. The van der Waals surface area contributed by atoms with Crippen molar-refractivity contribution >= 4 is 27.5 Å². The zero-order valence-electron chi connectivity index (χ0n) is 16.8. The maximum Gasteiger partial charge on any atom is 0.273 e. The molecular formula is C23H17FN6OS. The summed E-state index contributed by atoms with van der Waals surface area (Å²) < 4.78 is 16.7. The third kappa shape index (κ3) is 2.93. The molecule has 0 bridgehead atoms. The summed E-state index contributed by atoms with van der Waals surface area (Å²) in [5.41, 5.74) is 3.28. The molecule has 1 aliphatic rings. The van der Waals surface area contributed by atoms with Crippen LogP contribution < -0.4 is 0 Å². The fraction of sp³-hybridized carbons (Fsp3) is 0.130. The van der Waals surface area contributed by atoms with Crippen molar-refractivity contribution in [2.24, 2.45) is 0 Å². The van der Waals surface area contributed by atoms with Crippen LogP contribution in [0, 0.1) is 5.82 Å². The molecule has 0 unspecified atom stereocenters. The third-order valence-electron chi connectivity index (χ3n) is 5.67. The van der Waals surface area contributed by atoms with Gasteiger partial charge in [-0.2, -0.15) is 5.10 Å². The van der Waals surface area contributed by atoms with Gasteiger partial charge in [0.1, 0.15) is 28.1 Å². The minimum atomic E-state index is -0.506. The zero-order valence-corrected chi connectivity index (χ0v) is 17.6. The van der Waals surface area contributed by atoms with Gasteiger partial charge in [0.2, 0.25) is 0 Å². The molecule has 0 aliphatic carbocycles. The summed E-state index contributed by atoms with van der Waals surface area (Å²) in [6.45, 7) is 0.483. The number of imidazole rings is 1. The Balaban J connectivity index is 1.46. The lowest BCUT2D eigenvalue weighted by atomic mass is 10.0. The number of carbonyl (C=O) groups excluding carboxylic acids is 1. The maximum atomic E-state index is 14.4. The van der Waals surface area contributed by atoms with E-state index in [1.165, 1.54) is 17.4 Å². The fourth-order valence-electron chi connectivity index (χ4n) is 4.18. The number of fused-ring (bicyclic) bond motifs is 2. The summed E-state index contributed by atoms with van der Waals surface area (Å²) in [5.74, 6) is -0.548. The third-order valence-corrected chi connectivity index (χ3v) is 6.74. The summed E-state index contributed by atoms with van der Waals surface area (Å²) in [7, 11) is 0. The predicted octanol–water partition coefficient (Wildman–Crippen LogP) is 4.13. The largest absolute Gasteiger partial charge is 0.348 e. The molecule has 32 heavy (non-hydrogen) atoms. The van der Waals surface area contributed by atoms with Gasteiger partial charge in [-0.05, 0) is 30.3 Å². The summed E-state index contributed by atoms with van der Waals surface area (Å²) in [6, 6.07) is 15.6. The molecule has 4 heterocycles. The summed E-state index contributed by atoms with van der Waals surface area (Å²) >= 11 is 1.38. The number of nitrogens with zero attached hydrogens (tertiary/aromatic N) is 5. The van der Waals surface area contributed by atoms with E-state index in [1.807, 2.05) is 36.4 Å². The Morgan fingerprint density at radius 1 is 1.12 bits per heavy atom. The minimum Gasteiger partial charge on any atom is -0.348 e. The second-order valence-electron chi connectivity index (χ2n) is 7.52. The van der Waals surface area contributed by atoms with E-state index in [4.69, 9.17) is 0 Å². The Labute approximate surface area is 186 Å². The van der Waals surface area contributed by atoms with E-state index in [1.54, 1.807) is 34.2 Å². The lowest BCUT2D eigenvalue weighted by Gasteiger charge is -2.33. The van der Waals surface area contributed by atoms with Crippen molar-refractivity contribution in [3.8, 4) is 5.69 Å². The van der Waals surface area contributed by atoms with Crippen molar-refractivity contribution in [2.45, 2.75) is 12.5 Å². The number of H-pyrrole nitrogens is 1. The van der Waals surface area contributed by atoms with E-state index >= 15 is 0 Å². The predicted molar refractivity (Wildman–Crippen MR) is 118 cm³/mol. The minimum absolute atomic E-state index is 0.176. The van der Waals surface area contributed by atoms with Crippen molar-refractivity contribution in [1.82, 2.24) is 29.6 Å². The van der Waals surface area contributed by atoms with Gasteiger partial charge in [-0.25, -0.2) is 19.0 Å². The molecule has 6 rings (SSSR count). The number of thiazole rings is 1. The van der Waals surface area contributed by atoms with Crippen LogP contribution >= 0.6 is 11.3 Å². The molecule has 158 valence electrons. The summed E-state index contributed by atoms with van der Waals surface area (Å²) in [5, 5.41) is 5.00. The van der Waals surface area contributed by atoms with E-state index in [9.17, 15) is 9.18 Å². The number of halogens is 1. The molecule has 1 amide bonds. The van der Waals surface area contributed by atoms with Crippen LogP contribution in [0.25, 0.3) is 15.9 Å². The molecule has 5 aromatic rings. The standard InChI is InChI=1S/C23H17FN6OS/c24-15-7-4-8-18-19(15)28-22(32-18)21-20-16(25-13-26-20)10-12-29(21)23(31)17-9-11-27-30(17)14-5-2-1-3-6-14/h1-9,11,13,21H,10,12H2,(H,25,26)/t21-/m0/s1. The first-order chi connectivity index (χ1) is 15.7. The Hall–Kier alpha value is -3.85. The lowest BCUT2D eigenvalue weighted by molar-refractivity contribution is 0.0681. The first-order valence-corrected chi connectivity index (χ1v) is 11.0. The SMILES string of the molecule is O=C(c1ccnn1-c1ccccc1)N1CCc2[nH]cnc2[C@H]1c1nc2c(F)cccc2s1. The number of aromatic nitrogens is 5. The molecule has 7 nitrogen and oxygen atoms in total. The van der Waals surface area contributed by atoms with Crippen LogP contribution in [-0.4, -0.2) is 42.1 Å². The summed E-state index contributed by atoms with van der Waals surface area (Å²) in [6.07, 6.45) is 3.90. The molecule has 9 heteroatoms. The van der Waals surface area contributed by atoms with E-state index in [-0.39, 0.29) is 11.7 Å². The lowest BCUT2D eigenvalue weighted by Crippen LogP contribution is -2.41. The Bertz CT molecular complexity index is 1440. The highest BCUT2D eigenvalue weighted by atomic mass is 32.1. The second-order valence-corrected chi connectivity index (χ2v) is 8.58. The quantitative estimate of drug-likeness (QED) is 0.454. The average molecular weight is 444 g/mol. The number of hydrogen-bond acceptors (Lipinski definition) is 5. The number of nitrogens with one attached hydrogen (secondary N) is 1. The van der Waals surface area contributed by atoms with Crippen LogP contribution in [-0.2, 0) is 6.42 Å². The van der Waals surface area contributed by atoms with E-state index in [0.29, 0.717) is 29.2 Å². The first-order valence-electron chi connectivity index (χ1n) is 10.2. The topological polar surface area (TPSA) is 79.7 Å². The number of aromatic amines is 1. The smallest absolute Gasteiger partial charge is 0.273 e. The van der Waals surface area contributed by atoms with Gasteiger partial charge in [-0.1, -0.05) is 24.3 Å². The van der Waals surface area contributed by atoms with Gasteiger partial charge in [0, 0.05) is 18.7 Å². The van der Waals surface area contributed by atoms with E-state index in [0.717, 1.165) is 21.8 Å². The molecule has 3 aromatic heterocycles. The van der Waals surface area contributed by atoms with E-state index in [2.05, 4.69) is 20.1 Å². The monoisotopic (exact) mass is 444 g/mol. The van der Waals surface area contributed by atoms with Crippen molar-refractivity contribution in [3.05, 3.63) is 95.0 Å². The van der Waals surface area contributed by atoms with E-state index < -0.39 is 6.04 Å². The van der Waals surface area contributed by atoms with Crippen LogP contribution in [0.3, 0.4) is 0 Å². The van der Waals surface area contributed by atoms with Crippen molar-refractivity contribution in [3.63, 3.8) is 0 Å². The number of para-hydroxylation sites is 2. The molecule has 0 radical (unpaired) electrons. The molecule has 0 saturated heterocycles. The van der Waals surface area contributed by atoms with Gasteiger partial charge in [0.25, 0.3) is 5.91 Å². The highest BCUT2D eigenvalue weighted by Gasteiger charge is 2.37. The van der Waals surface area contributed by atoms with Crippen LogP contribution in [0.15, 0.2) is 67.1 Å². The number of amides is 1. The van der Waals surface area contributed by atoms with Crippen molar-refractivity contribution < 1.29 is 9.18 Å². The highest BCUT2D eigenvalue weighted by molar-refractivity contribution is 7.18. The van der Waals surface area contributed by atoms with Gasteiger partial charge in [0.05, 0.1) is 28.6 Å². The molecule has 0 fully saturated rings. The Morgan fingerprint density at radius 2 is 2.00 bits per heavy atom. The highest BCUT2D eigenvalue weighted by Crippen LogP contribution is 2.38. The van der Waals surface area contributed by atoms with Crippen LogP contribution in [0.4, 0.5) is 4.39 Å². The van der Waals surface area contributed by atoms with Crippen molar-refractivity contribution in [2.75, 3.05) is 6.54 Å². The van der Waals surface area contributed by atoms with Crippen LogP contribution in [0.2, 0.25) is 0 Å². The first kappa shape index (κ1) is 18.9. The molecular weight excluding hydrogens is 427 g/mol. The van der Waals surface area contributed by atoms with Gasteiger partial charge in [-0.15, -0.1) is 11.3 Å². The van der Waals surface area contributed by atoms with Crippen LogP contribution in [0.5, 0.6) is 0 Å². The zero-order chi connectivity index (χ0) is 21.7. The Morgan fingerprint density at radius 3 is 2.84 bits per heavy atom. The van der Waals surface area contributed by atoms with Gasteiger partial charge in [0.15, 0.2) is 0 Å². The Kier molecular flexibility index (Phi) is 4.36. The van der Waals surface area contributed by atoms with Crippen LogP contribution in [0.1, 0.15) is 32.9 Å². The van der Waals surface area contributed by atoms with Gasteiger partial charge in [-0.3, -0.25) is 4.79 Å². The summed E-state index contributed by atoms with van der Waals surface area (Å²) in [4.78, 5) is 27.8. The average Bonchev–Trinajstić information content (AvgIpc) is 3.58. The fourth-order valence-corrected chi connectivity index (χ4v) is 5.28.